The lowest BCUT2D eigenvalue weighted by molar-refractivity contribution is 0.591. The molecule has 0 radical (unpaired) electrons. The Morgan fingerprint density at radius 2 is 1.00 bits per heavy atom. The Labute approximate surface area is 458 Å². The van der Waals surface area contributed by atoms with E-state index in [0.29, 0.717) is 0 Å². The SMILES string of the molecule is CCCCc1ccc2oc3ccccc3c2c1-c1cc(-c2ccccc2)cc2c1Nc1cc(C(C)(C)C)cc3c1B2c1cc(-c2ccccc2)ccc1N3c1c(-c2ccccc2)cc(-c2ccccc2)cc1-c1ccccc1. The van der Waals surface area contributed by atoms with Gasteiger partial charge in [-0.2, -0.15) is 0 Å². The maximum Gasteiger partial charge on any atom is 0.252 e. The van der Waals surface area contributed by atoms with Crippen LogP contribution in [0.4, 0.5) is 28.4 Å². The third-order valence-corrected chi connectivity index (χ3v) is 16.4. The third-order valence-electron chi connectivity index (χ3n) is 16.4. The van der Waals surface area contributed by atoms with Gasteiger partial charge in [0, 0.05) is 50.2 Å². The highest BCUT2D eigenvalue weighted by Gasteiger charge is 2.44. The Kier molecular flexibility index (Phi) is 11.6. The minimum atomic E-state index is -0.192. The van der Waals surface area contributed by atoms with Crippen LogP contribution in [-0.2, 0) is 11.8 Å². The number of nitrogens with zero attached hydrogens (tertiary/aromatic N) is 1. The van der Waals surface area contributed by atoms with Crippen molar-refractivity contribution >= 4 is 73.5 Å². The molecule has 4 heteroatoms. The lowest BCUT2D eigenvalue weighted by Crippen LogP contribution is -2.60. The van der Waals surface area contributed by atoms with Crippen LogP contribution in [0.15, 0.2) is 247 Å². The van der Waals surface area contributed by atoms with Crippen LogP contribution in [0.5, 0.6) is 0 Å². The summed E-state index contributed by atoms with van der Waals surface area (Å²) in [6.45, 7) is 9.20. The molecule has 12 aromatic rings. The van der Waals surface area contributed by atoms with Gasteiger partial charge in [0.05, 0.1) is 5.69 Å². The molecule has 0 amide bonds. The van der Waals surface area contributed by atoms with E-state index in [4.69, 9.17) is 4.42 Å². The highest BCUT2D eigenvalue weighted by Crippen LogP contribution is 2.52. The molecule has 374 valence electrons. The van der Waals surface area contributed by atoms with E-state index in [1.54, 1.807) is 0 Å². The summed E-state index contributed by atoms with van der Waals surface area (Å²) >= 11 is 0. The number of hydrogen-bond acceptors (Lipinski definition) is 3. The molecule has 2 aliphatic heterocycles. The highest BCUT2D eigenvalue weighted by molar-refractivity contribution is 7.00. The first-order valence-electron chi connectivity index (χ1n) is 27.7. The molecular formula is C74H59BN2O. The molecule has 3 heterocycles. The lowest BCUT2D eigenvalue weighted by Gasteiger charge is -2.43. The molecule has 0 aliphatic carbocycles. The number of aryl methyl sites for hydroxylation is 1. The van der Waals surface area contributed by atoms with Crippen molar-refractivity contribution in [3.63, 3.8) is 0 Å². The predicted octanol–water partition coefficient (Wildman–Crippen LogP) is 18.6. The summed E-state index contributed by atoms with van der Waals surface area (Å²) in [4.78, 5) is 2.64. The van der Waals surface area contributed by atoms with Crippen LogP contribution >= 0.6 is 0 Å². The zero-order chi connectivity index (χ0) is 52.5. The summed E-state index contributed by atoms with van der Waals surface area (Å²) in [5.74, 6) is 0. The fourth-order valence-electron chi connectivity index (χ4n) is 12.6. The molecule has 0 unspecified atom stereocenters. The maximum atomic E-state index is 6.75. The zero-order valence-electron chi connectivity index (χ0n) is 44.6. The van der Waals surface area contributed by atoms with Gasteiger partial charge in [-0.05, 0) is 144 Å². The number of rotatable bonds is 10. The first-order chi connectivity index (χ1) is 38.3. The molecule has 0 spiro atoms. The Morgan fingerprint density at radius 3 is 1.60 bits per heavy atom. The minimum Gasteiger partial charge on any atom is -0.456 e. The topological polar surface area (TPSA) is 28.4 Å². The van der Waals surface area contributed by atoms with Crippen LogP contribution < -0.4 is 26.6 Å². The van der Waals surface area contributed by atoms with Gasteiger partial charge in [0.25, 0.3) is 6.71 Å². The molecule has 2 aliphatic rings. The number of fused-ring (bicyclic) bond motifs is 7. The molecule has 0 bridgehead atoms. The number of nitrogens with one attached hydrogen (secondary N) is 1. The van der Waals surface area contributed by atoms with Crippen LogP contribution in [0, 0.1) is 0 Å². The van der Waals surface area contributed by atoms with E-state index < -0.39 is 0 Å². The highest BCUT2D eigenvalue weighted by atomic mass is 16.3. The van der Waals surface area contributed by atoms with Gasteiger partial charge >= 0.3 is 0 Å². The summed E-state index contributed by atoms with van der Waals surface area (Å²) < 4.78 is 6.75. The quantitative estimate of drug-likeness (QED) is 0.138. The Balaban J connectivity index is 1.13. The molecule has 1 aromatic heterocycles. The second-order valence-electron chi connectivity index (χ2n) is 22.3. The van der Waals surface area contributed by atoms with E-state index >= 15 is 0 Å². The molecule has 3 nitrogen and oxygen atoms in total. The van der Waals surface area contributed by atoms with Gasteiger partial charge in [-0.3, -0.25) is 0 Å². The van der Waals surface area contributed by atoms with Gasteiger partial charge in [0.1, 0.15) is 11.2 Å². The average Bonchev–Trinajstić information content (AvgIpc) is 2.31. The van der Waals surface area contributed by atoms with Crippen molar-refractivity contribution in [3.05, 3.63) is 254 Å². The molecule has 78 heavy (non-hydrogen) atoms. The number of benzene rings is 11. The van der Waals surface area contributed by atoms with E-state index in [-0.39, 0.29) is 12.1 Å². The summed E-state index contributed by atoms with van der Waals surface area (Å²) in [6, 6.07) is 90.1. The summed E-state index contributed by atoms with van der Waals surface area (Å²) in [5.41, 5.74) is 28.0. The van der Waals surface area contributed by atoms with Crippen molar-refractivity contribution in [2.45, 2.75) is 52.4 Å². The fraction of sp³-hybridized carbons (Fsp3) is 0.108. The van der Waals surface area contributed by atoms with Crippen molar-refractivity contribution in [1.82, 2.24) is 0 Å². The molecule has 1 N–H and O–H groups in total. The largest absolute Gasteiger partial charge is 0.456 e. The Hall–Kier alpha value is -9.12. The number of unbranched alkanes of at least 4 members (excludes halogenated alkanes) is 1. The lowest BCUT2D eigenvalue weighted by atomic mass is 9.33. The molecule has 0 saturated carbocycles. The van der Waals surface area contributed by atoms with Crippen molar-refractivity contribution in [3.8, 4) is 66.8 Å². The van der Waals surface area contributed by atoms with E-state index in [1.807, 2.05) is 0 Å². The molecular weight excluding hydrogens is 944 g/mol. The van der Waals surface area contributed by atoms with Crippen molar-refractivity contribution in [2.75, 3.05) is 10.2 Å². The van der Waals surface area contributed by atoms with Crippen molar-refractivity contribution in [2.24, 2.45) is 0 Å². The van der Waals surface area contributed by atoms with Crippen molar-refractivity contribution < 1.29 is 4.42 Å². The van der Waals surface area contributed by atoms with Crippen LogP contribution in [-0.4, -0.2) is 6.71 Å². The fourth-order valence-corrected chi connectivity index (χ4v) is 12.6. The predicted molar refractivity (Wildman–Crippen MR) is 333 cm³/mol. The average molecular weight is 1000 g/mol. The van der Waals surface area contributed by atoms with Crippen LogP contribution in [0.1, 0.15) is 51.7 Å². The number of hydrogen-bond donors (Lipinski definition) is 1. The van der Waals surface area contributed by atoms with E-state index in [2.05, 4.69) is 281 Å². The second-order valence-corrected chi connectivity index (χ2v) is 22.3. The number of furan rings is 1. The van der Waals surface area contributed by atoms with Crippen LogP contribution in [0.2, 0.25) is 0 Å². The second kappa shape index (κ2) is 19.2. The van der Waals surface area contributed by atoms with Crippen molar-refractivity contribution in [1.29, 1.82) is 0 Å². The minimum absolute atomic E-state index is 0.152. The van der Waals surface area contributed by atoms with E-state index in [9.17, 15) is 0 Å². The standard InChI is InChI=1S/C74H59BN2O/c1-5-6-24-53-38-40-68-70(58-35-22-23-36-67(58)78-68)69(53)61-43-56(50-29-16-9-17-30-50)45-63-72(61)76-64-46-57(74(2,3)4)47-66-71(64)75(63)62-44-54(48-25-12-7-13-26-48)37-39-65(62)77(66)73-59(51-31-18-10-19-32-51)41-55(49-27-14-8-15-28-49)42-60(73)52-33-20-11-21-34-52/h7-23,25-47,76H,5-6,24H2,1-4H3. The maximum absolute atomic E-state index is 6.75. The summed E-state index contributed by atoms with van der Waals surface area (Å²) in [7, 11) is 0. The van der Waals surface area contributed by atoms with Gasteiger partial charge < -0.3 is 14.6 Å². The van der Waals surface area contributed by atoms with Gasteiger partial charge in [0.2, 0.25) is 0 Å². The molecule has 0 atom stereocenters. The first-order valence-corrected chi connectivity index (χ1v) is 27.7. The molecule has 0 saturated heterocycles. The first kappa shape index (κ1) is 47.3. The Bertz CT molecular complexity index is 4180. The van der Waals surface area contributed by atoms with Crippen LogP contribution in [0.25, 0.3) is 88.7 Å². The van der Waals surface area contributed by atoms with E-state index in [1.165, 1.54) is 94.2 Å². The normalized spacial score (nSPS) is 12.6. The number of para-hydroxylation sites is 1. The van der Waals surface area contributed by atoms with Crippen LogP contribution in [0.3, 0.4) is 0 Å². The zero-order valence-corrected chi connectivity index (χ0v) is 44.6. The number of anilines is 5. The summed E-state index contributed by atoms with van der Waals surface area (Å²) in [5, 5.41) is 6.65. The van der Waals surface area contributed by atoms with Gasteiger partial charge in [0.15, 0.2) is 0 Å². The van der Waals surface area contributed by atoms with Gasteiger partial charge in [-0.25, -0.2) is 0 Å². The van der Waals surface area contributed by atoms with E-state index in [0.717, 1.165) is 69.7 Å². The smallest absolute Gasteiger partial charge is 0.252 e. The molecule has 11 aromatic carbocycles. The summed E-state index contributed by atoms with van der Waals surface area (Å²) in [6.07, 6.45) is 3.14. The van der Waals surface area contributed by atoms with Gasteiger partial charge in [-0.1, -0.05) is 228 Å². The molecule has 0 fully saturated rings. The third kappa shape index (κ3) is 8.05. The monoisotopic (exact) mass is 1000 g/mol. The van der Waals surface area contributed by atoms with Gasteiger partial charge in [-0.15, -0.1) is 0 Å². The Morgan fingerprint density at radius 1 is 0.462 bits per heavy atom. The molecule has 14 rings (SSSR count).